The number of rotatable bonds is 9. The number of aromatic nitrogens is 3. The highest BCUT2D eigenvalue weighted by Gasteiger charge is 2.21. The average molecular weight is 473 g/mol. The first-order valence-electron chi connectivity index (χ1n) is 9.95. The lowest BCUT2D eigenvalue weighted by Gasteiger charge is -2.15. The van der Waals surface area contributed by atoms with Crippen molar-refractivity contribution in [1.29, 1.82) is 0 Å². The monoisotopic (exact) mass is 472 g/mol. The quantitative estimate of drug-likeness (QED) is 0.276. The Morgan fingerprint density at radius 3 is 2.52 bits per heavy atom. The van der Waals surface area contributed by atoms with Crippen LogP contribution in [-0.2, 0) is 11.3 Å². The van der Waals surface area contributed by atoms with Crippen molar-refractivity contribution in [3.63, 3.8) is 0 Å². The van der Waals surface area contributed by atoms with E-state index < -0.39 is 22.7 Å². The van der Waals surface area contributed by atoms with Gasteiger partial charge in [0.25, 0.3) is 11.6 Å². The minimum absolute atomic E-state index is 0.0328. The molecule has 0 spiro atoms. The largest absolute Gasteiger partial charge is 0.342 e. The first-order valence-corrected chi connectivity index (χ1v) is 10.9. The number of hydrogen-bond acceptors (Lipinski definition) is 7. The molecule has 0 radical (unpaired) electrons. The van der Waals surface area contributed by atoms with Gasteiger partial charge in [0.1, 0.15) is 5.82 Å². The van der Waals surface area contributed by atoms with E-state index in [9.17, 15) is 24.1 Å². The van der Waals surface area contributed by atoms with E-state index in [2.05, 4.69) is 20.8 Å². The fourth-order valence-electron chi connectivity index (χ4n) is 3.00. The van der Waals surface area contributed by atoms with Crippen molar-refractivity contribution < 1.29 is 18.9 Å². The van der Waals surface area contributed by atoms with Crippen LogP contribution in [0.2, 0.25) is 0 Å². The summed E-state index contributed by atoms with van der Waals surface area (Å²) >= 11 is 1.16. The molecule has 3 rings (SSSR count). The number of thioether (sulfide) groups is 1. The molecule has 0 aliphatic rings. The van der Waals surface area contributed by atoms with Crippen LogP contribution in [0.3, 0.4) is 0 Å². The van der Waals surface area contributed by atoms with E-state index in [1.807, 2.05) is 6.92 Å². The van der Waals surface area contributed by atoms with Gasteiger partial charge in [-0.2, -0.15) is 0 Å². The van der Waals surface area contributed by atoms with Crippen molar-refractivity contribution in [2.45, 2.75) is 31.6 Å². The molecule has 0 aliphatic carbocycles. The van der Waals surface area contributed by atoms with Crippen LogP contribution in [0.25, 0.3) is 0 Å². The Bertz CT molecular complexity index is 1170. The van der Waals surface area contributed by atoms with Crippen molar-refractivity contribution in [2.75, 3.05) is 11.1 Å². The number of nitro groups is 1. The number of carbonyl (C=O) groups is 2. The second kappa shape index (κ2) is 10.7. The van der Waals surface area contributed by atoms with Gasteiger partial charge in [-0.25, -0.2) is 4.39 Å². The average Bonchev–Trinajstić information content (AvgIpc) is 3.21. The Balaban J connectivity index is 1.61. The van der Waals surface area contributed by atoms with Gasteiger partial charge in [0.05, 0.1) is 22.3 Å². The zero-order valence-electron chi connectivity index (χ0n) is 17.8. The Morgan fingerprint density at radius 2 is 1.88 bits per heavy atom. The van der Waals surface area contributed by atoms with Crippen LogP contribution >= 0.6 is 11.8 Å². The number of amides is 2. The van der Waals surface area contributed by atoms with Crippen LogP contribution in [0.4, 0.5) is 15.8 Å². The summed E-state index contributed by atoms with van der Waals surface area (Å²) in [6.07, 6.45) is 0. The van der Waals surface area contributed by atoms with E-state index in [1.165, 1.54) is 42.5 Å². The van der Waals surface area contributed by atoms with Gasteiger partial charge in [0.2, 0.25) is 5.91 Å². The van der Waals surface area contributed by atoms with Gasteiger partial charge in [0.15, 0.2) is 11.0 Å². The minimum atomic E-state index is -0.616. The van der Waals surface area contributed by atoms with Crippen LogP contribution in [0, 0.1) is 15.9 Å². The summed E-state index contributed by atoms with van der Waals surface area (Å²) in [5.74, 6) is -0.995. The summed E-state index contributed by atoms with van der Waals surface area (Å²) in [6.45, 7) is 4.08. The van der Waals surface area contributed by atoms with Gasteiger partial charge in [-0.05, 0) is 38.1 Å². The van der Waals surface area contributed by atoms with Crippen LogP contribution < -0.4 is 10.6 Å². The van der Waals surface area contributed by atoms with Crippen molar-refractivity contribution in [3.8, 4) is 0 Å². The molecule has 2 N–H and O–H groups in total. The molecular weight excluding hydrogens is 451 g/mol. The number of nitrogens with zero attached hydrogens (tertiary/aromatic N) is 4. The van der Waals surface area contributed by atoms with E-state index in [4.69, 9.17) is 0 Å². The SMILES string of the molecule is CCn1c(SCC(=O)Nc2ccc([N+](=O)[O-])cc2)nnc1[C@H](C)NC(=O)c1ccccc1F. The third kappa shape index (κ3) is 5.92. The number of anilines is 1. The summed E-state index contributed by atoms with van der Waals surface area (Å²) in [7, 11) is 0. The van der Waals surface area contributed by atoms with Gasteiger partial charge in [-0.15, -0.1) is 10.2 Å². The zero-order chi connectivity index (χ0) is 24.0. The van der Waals surface area contributed by atoms with E-state index in [-0.39, 0.29) is 22.9 Å². The van der Waals surface area contributed by atoms with E-state index >= 15 is 0 Å². The molecule has 0 bridgehead atoms. The highest BCUT2D eigenvalue weighted by atomic mass is 32.2. The maximum Gasteiger partial charge on any atom is 0.269 e. The topological polar surface area (TPSA) is 132 Å². The summed E-state index contributed by atoms with van der Waals surface area (Å²) in [5, 5.41) is 24.8. The summed E-state index contributed by atoms with van der Waals surface area (Å²) in [4.78, 5) is 34.9. The Labute approximate surface area is 192 Å². The Hall–Kier alpha value is -3.80. The summed E-state index contributed by atoms with van der Waals surface area (Å²) in [6, 6.07) is 10.7. The summed E-state index contributed by atoms with van der Waals surface area (Å²) < 4.78 is 15.6. The van der Waals surface area contributed by atoms with Crippen molar-refractivity contribution in [2.24, 2.45) is 0 Å². The molecule has 1 atom stereocenters. The molecule has 2 aromatic carbocycles. The first-order chi connectivity index (χ1) is 15.8. The van der Waals surface area contributed by atoms with Gasteiger partial charge in [-0.3, -0.25) is 19.7 Å². The maximum absolute atomic E-state index is 13.9. The standard InChI is InChI=1S/C21H21FN6O4S/c1-3-27-19(13(2)23-20(30)16-6-4-5-7-17(16)22)25-26-21(27)33-12-18(29)24-14-8-10-15(11-9-14)28(31)32/h4-11,13H,3,12H2,1-2H3,(H,23,30)(H,24,29)/t13-/m0/s1. The summed E-state index contributed by atoms with van der Waals surface area (Å²) in [5.41, 5.74) is 0.305. The second-order valence-corrected chi connectivity index (χ2v) is 7.84. The third-order valence-corrected chi connectivity index (χ3v) is 5.58. The zero-order valence-corrected chi connectivity index (χ0v) is 18.6. The number of nitro benzene ring substituents is 1. The fraction of sp³-hybridized carbons (Fsp3) is 0.238. The van der Waals surface area contributed by atoms with Crippen LogP contribution in [0.1, 0.15) is 36.1 Å². The second-order valence-electron chi connectivity index (χ2n) is 6.90. The number of nitrogens with one attached hydrogen (secondary N) is 2. The number of halogens is 1. The smallest absolute Gasteiger partial charge is 0.269 e. The van der Waals surface area contributed by atoms with Gasteiger partial charge < -0.3 is 15.2 Å². The van der Waals surface area contributed by atoms with Crippen molar-refractivity contribution >= 4 is 35.0 Å². The lowest BCUT2D eigenvalue weighted by Crippen LogP contribution is -2.29. The molecule has 172 valence electrons. The minimum Gasteiger partial charge on any atom is -0.342 e. The molecule has 0 saturated heterocycles. The van der Waals surface area contributed by atoms with Crippen LogP contribution in [0.15, 0.2) is 53.7 Å². The molecule has 1 aromatic heterocycles. The Morgan fingerprint density at radius 1 is 1.18 bits per heavy atom. The molecular formula is C21H21FN6O4S. The predicted octanol–water partition coefficient (Wildman–Crippen LogP) is 3.57. The van der Waals surface area contributed by atoms with Crippen molar-refractivity contribution in [3.05, 3.63) is 75.9 Å². The van der Waals surface area contributed by atoms with Gasteiger partial charge in [-0.1, -0.05) is 23.9 Å². The number of benzene rings is 2. The highest BCUT2D eigenvalue weighted by Crippen LogP contribution is 2.22. The molecule has 0 unspecified atom stereocenters. The predicted molar refractivity (Wildman–Crippen MR) is 120 cm³/mol. The number of carbonyl (C=O) groups excluding carboxylic acids is 2. The van der Waals surface area contributed by atoms with E-state index in [1.54, 1.807) is 17.6 Å². The lowest BCUT2D eigenvalue weighted by atomic mass is 10.2. The molecule has 33 heavy (non-hydrogen) atoms. The Kier molecular flexibility index (Phi) is 7.72. The third-order valence-electron chi connectivity index (χ3n) is 4.61. The lowest BCUT2D eigenvalue weighted by molar-refractivity contribution is -0.384. The first kappa shape index (κ1) is 23.9. The fourth-order valence-corrected chi connectivity index (χ4v) is 3.81. The van der Waals surface area contributed by atoms with E-state index in [0.29, 0.717) is 23.2 Å². The molecule has 10 nitrogen and oxygen atoms in total. The van der Waals surface area contributed by atoms with Gasteiger partial charge in [0, 0.05) is 24.4 Å². The molecule has 12 heteroatoms. The van der Waals surface area contributed by atoms with E-state index in [0.717, 1.165) is 11.8 Å². The highest BCUT2D eigenvalue weighted by molar-refractivity contribution is 7.99. The molecule has 0 aliphatic heterocycles. The normalized spacial score (nSPS) is 11.6. The van der Waals surface area contributed by atoms with Crippen molar-refractivity contribution in [1.82, 2.24) is 20.1 Å². The molecule has 2 amide bonds. The maximum atomic E-state index is 13.9. The molecule has 0 fully saturated rings. The number of non-ortho nitro benzene ring substituents is 1. The molecule has 0 saturated carbocycles. The molecule has 1 heterocycles. The van der Waals surface area contributed by atoms with Gasteiger partial charge >= 0.3 is 0 Å². The molecule has 3 aromatic rings. The van der Waals surface area contributed by atoms with Crippen LogP contribution in [-0.4, -0.2) is 37.3 Å². The number of hydrogen-bond donors (Lipinski definition) is 2. The van der Waals surface area contributed by atoms with Crippen LogP contribution in [0.5, 0.6) is 0 Å².